The monoisotopic (exact) mass is 260 g/mol. The van der Waals surface area contributed by atoms with Gasteiger partial charge in [0.25, 0.3) is 5.91 Å². The quantitative estimate of drug-likeness (QED) is 0.462. The molecule has 0 rings (SSSR count). The smallest absolute Gasteiger partial charge is 0.325 e. The lowest BCUT2D eigenvalue weighted by molar-refractivity contribution is -0.414. The number of amides is 2. The third-order valence-electron chi connectivity index (χ3n) is 2.30. The Balaban J connectivity index is 3.84. The van der Waals surface area contributed by atoms with E-state index in [4.69, 9.17) is 0 Å². The van der Waals surface area contributed by atoms with Gasteiger partial charge in [-0.3, -0.25) is 14.4 Å². The molecule has 0 aliphatic heterocycles. The lowest BCUT2D eigenvalue weighted by Gasteiger charge is -2.12. The van der Waals surface area contributed by atoms with Crippen LogP contribution in [0.2, 0.25) is 0 Å². The Morgan fingerprint density at radius 1 is 1.17 bits per heavy atom. The first-order valence-corrected chi connectivity index (χ1v) is 5.91. The number of nitrogens with one attached hydrogen (secondary N) is 2. The van der Waals surface area contributed by atoms with Crippen LogP contribution in [-0.4, -0.2) is 43.5 Å². The van der Waals surface area contributed by atoms with E-state index in [-0.39, 0.29) is 31.5 Å². The molecule has 2 amide bonds. The van der Waals surface area contributed by atoms with Crippen LogP contribution in [0.15, 0.2) is 0 Å². The molecule has 0 aromatic rings. The molecule has 0 aromatic heterocycles. The zero-order valence-electron chi connectivity index (χ0n) is 11.1. The van der Waals surface area contributed by atoms with E-state index < -0.39 is 17.9 Å². The third kappa shape index (κ3) is 6.85. The molecule has 0 aromatic carbocycles. The SMILES string of the molecule is CCOC(=O)CNC(=O)CNC(=O)C([NH3+])C(C)C. The average Bonchev–Trinajstić information content (AvgIpc) is 2.32. The van der Waals surface area contributed by atoms with Crippen LogP contribution >= 0.6 is 0 Å². The second-order valence-electron chi connectivity index (χ2n) is 4.15. The van der Waals surface area contributed by atoms with Gasteiger partial charge in [0.05, 0.1) is 13.2 Å². The van der Waals surface area contributed by atoms with Crippen molar-refractivity contribution in [2.45, 2.75) is 26.8 Å². The molecular formula is C11H22N3O4+. The summed E-state index contributed by atoms with van der Waals surface area (Å²) in [6.07, 6.45) is 0. The van der Waals surface area contributed by atoms with Gasteiger partial charge in [-0.2, -0.15) is 0 Å². The molecule has 0 saturated carbocycles. The predicted molar refractivity (Wildman–Crippen MR) is 64.2 cm³/mol. The van der Waals surface area contributed by atoms with Crippen LogP contribution < -0.4 is 16.4 Å². The van der Waals surface area contributed by atoms with Crippen molar-refractivity contribution in [3.8, 4) is 0 Å². The third-order valence-corrected chi connectivity index (χ3v) is 2.30. The number of hydrogen-bond acceptors (Lipinski definition) is 4. The molecule has 0 radical (unpaired) electrons. The minimum absolute atomic E-state index is 0.104. The molecule has 0 fully saturated rings. The van der Waals surface area contributed by atoms with E-state index in [1.165, 1.54) is 0 Å². The first-order chi connectivity index (χ1) is 8.38. The summed E-state index contributed by atoms with van der Waals surface area (Å²) in [4.78, 5) is 33.7. The molecule has 7 nitrogen and oxygen atoms in total. The van der Waals surface area contributed by atoms with Gasteiger partial charge in [0, 0.05) is 5.92 Å². The van der Waals surface area contributed by atoms with Crippen molar-refractivity contribution < 1.29 is 24.9 Å². The van der Waals surface area contributed by atoms with Crippen molar-refractivity contribution in [1.29, 1.82) is 0 Å². The van der Waals surface area contributed by atoms with Gasteiger partial charge < -0.3 is 21.1 Å². The first-order valence-electron chi connectivity index (χ1n) is 5.91. The fourth-order valence-electron chi connectivity index (χ4n) is 1.05. The van der Waals surface area contributed by atoms with Gasteiger partial charge >= 0.3 is 5.97 Å². The fourth-order valence-corrected chi connectivity index (χ4v) is 1.05. The molecule has 1 atom stereocenters. The maximum absolute atomic E-state index is 11.5. The molecule has 5 N–H and O–H groups in total. The number of hydrogen-bond donors (Lipinski definition) is 3. The van der Waals surface area contributed by atoms with Gasteiger partial charge in [0.2, 0.25) is 5.91 Å². The van der Waals surface area contributed by atoms with Gasteiger partial charge in [-0.05, 0) is 6.92 Å². The molecule has 1 unspecified atom stereocenters. The molecule has 0 bridgehead atoms. The highest BCUT2D eigenvalue weighted by Gasteiger charge is 2.21. The Labute approximate surface area is 106 Å². The highest BCUT2D eigenvalue weighted by atomic mass is 16.5. The normalized spacial score (nSPS) is 11.8. The van der Waals surface area contributed by atoms with Crippen LogP contribution in [0.5, 0.6) is 0 Å². The largest absolute Gasteiger partial charge is 0.465 e. The van der Waals surface area contributed by atoms with E-state index in [0.717, 1.165) is 0 Å². The van der Waals surface area contributed by atoms with Gasteiger partial charge in [0.15, 0.2) is 6.04 Å². The van der Waals surface area contributed by atoms with E-state index in [0.29, 0.717) is 0 Å². The highest BCUT2D eigenvalue weighted by molar-refractivity contribution is 5.88. The number of ether oxygens (including phenoxy) is 1. The maximum Gasteiger partial charge on any atom is 0.325 e. The second-order valence-corrected chi connectivity index (χ2v) is 4.15. The van der Waals surface area contributed by atoms with Crippen molar-refractivity contribution in [3.05, 3.63) is 0 Å². The van der Waals surface area contributed by atoms with Crippen LogP contribution in [-0.2, 0) is 19.1 Å². The van der Waals surface area contributed by atoms with E-state index in [2.05, 4.69) is 21.1 Å². The Hall–Kier alpha value is -1.63. The van der Waals surface area contributed by atoms with Gasteiger partial charge in [0.1, 0.15) is 6.54 Å². The number of carbonyl (C=O) groups excluding carboxylic acids is 3. The molecule has 7 heteroatoms. The number of rotatable bonds is 7. The zero-order valence-corrected chi connectivity index (χ0v) is 11.1. The standard InChI is InChI=1S/C11H21N3O4/c1-4-18-9(16)6-13-8(15)5-14-11(17)10(12)7(2)3/h7,10H,4-6,12H2,1-3H3,(H,13,15)(H,14,17)/p+1. The van der Waals surface area contributed by atoms with Crippen LogP contribution in [0, 0.1) is 5.92 Å². The molecular weight excluding hydrogens is 238 g/mol. The van der Waals surface area contributed by atoms with Crippen molar-refractivity contribution >= 4 is 17.8 Å². The van der Waals surface area contributed by atoms with Gasteiger partial charge in [-0.1, -0.05) is 13.8 Å². The fraction of sp³-hybridized carbons (Fsp3) is 0.727. The minimum Gasteiger partial charge on any atom is -0.465 e. The van der Waals surface area contributed by atoms with Crippen LogP contribution in [0.25, 0.3) is 0 Å². The maximum atomic E-state index is 11.5. The van der Waals surface area contributed by atoms with E-state index in [1.807, 2.05) is 13.8 Å². The summed E-state index contributed by atoms with van der Waals surface area (Å²) in [5.41, 5.74) is 3.70. The zero-order chi connectivity index (χ0) is 14.1. The Morgan fingerprint density at radius 2 is 1.78 bits per heavy atom. The van der Waals surface area contributed by atoms with Crippen LogP contribution in [0.3, 0.4) is 0 Å². The summed E-state index contributed by atoms with van der Waals surface area (Å²) in [6.45, 7) is 5.33. The molecule has 104 valence electrons. The van der Waals surface area contributed by atoms with Gasteiger partial charge in [-0.15, -0.1) is 0 Å². The summed E-state index contributed by atoms with van der Waals surface area (Å²) in [7, 11) is 0. The molecule has 0 aliphatic carbocycles. The highest BCUT2D eigenvalue weighted by Crippen LogP contribution is 1.95. The Morgan fingerprint density at radius 3 is 2.28 bits per heavy atom. The lowest BCUT2D eigenvalue weighted by Crippen LogP contribution is -2.70. The summed E-state index contributed by atoms with van der Waals surface area (Å²) >= 11 is 0. The Kier molecular flexibility index (Phi) is 7.69. The summed E-state index contributed by atoms with van der Waals surface area (Å²) in [5.74, 6) is -1.12. The molecule has 0 spiro atoms. The minimum atomic E-state index is -0.505. The number of carbonyl (C=O) groups is 3. The predicted octanol–water partition coefficient (Wildman–Crippen LogP) is -1.95. The summed E-state index contributed by atoms with van der Waals surface area (Å²) in [6, 6.07) is -0.400. The van der Waals surface area contributed by atoms with Crippen molar-refractivity contribution in [3.63, 3.8) is 0 Å². The van der Waals surface area contributed by atoms with E-state index in [9.17, 15) is 14.4 Å². The molecule has 0 aliphatic rings. The summed E-state index contributed by atoms with van der Waals surface area (Å²) < 4.78 is 4.64. The number of quaternary nitrogens is 1. The van der Waals surface area contributed by atoms with E-state index in [1.54, 1.807) is 6.92 Å². The number of esters is 1. The molecule has 18 heavy (non-hydrogen) atoms. The lowest BCUT2D eigenvalue weighted by atomic mass is 10.1. The van der Waals surface area contributed by atoms with Crippen molar-refractivity contribution in [2.24, 2.45) is 5.92 Å². The summed E-state index contributed by atoms with van der Waals surface area (Å²) in [5, 5.41) is 4.80. The van der Waals surface area contributed by atoms with Crippen LogP contribution in [0.4, 0.5) is 0 Å². The van der Waals surface area contributed by atoms with Crippen LogP contribution in [0.1, 0.15) is 20.8 Å². The Bertz CT molecular complexity index is 305. The molecule has 0 heterocycles. The topological polar surface area (TPSA) is 112 Å². The second kappa shape index (κ2) is 8.46. The molecule has 0 saturated heterocycles. The van der Waals surface area contributed by atoms with E-state index >= 15 is 0 Å². The van der Waals surface area contributed by atoms with Gasteiger partial charge in [-0.25, -0.2) is 0 Å². The van der Waals surface area contributed by atoms with Crippen molar-refractivity contribution in [1.82, 2.24) is 10.6 Å². The van der Waals surface area contributed by atoms with Crippen molar-refractivity contribution in [2.75, 3.05) is 19.7 Å². The average molecular weight is 260 g/mol. The first kappa shape index (κ1) is 16.4.